The highest BCUT2D eigenvalue weighted by Gasteiger charge is 2.17. The summed E-state index contributed by atoms with van der Waals surface area (Å²) in [5, 5.41) is 3.08. The quantitative estimate of drug-likeness (QED) is 0.684. The van der Waals surface area contributed by atoms with Gasteiger partial charge in [0.05, 0.1) is 0 Å². The summed E-state index contributed by atoms with van der Waals surface area (Å²) in [6.45, 7) is 4.80. The van der Waals surface area contributed by atoms with E-state index in [0.29, 0.717) is 30.0 Å². The molecule has 0 spiro atoms. The monoisotopic (exact) mass is 363 g/mol. The molecule has 0 unspecified atom stereocenters. The molecule has 27 heavy (non-hydrogen) atoms. The molecule has 1 heterocycles. The summed E-state index contributed by atoms with van der Waals surface area (Å²) in [5.74, 6) is 0.165. The van der Waals surface area contributed by atoms with Crippen LogP contribution in [0.4, 0.5) is 15.9 Å². The standard InChI is InChI=1S/C22H22FN3O/c1-3-26(19-9-6-7-16(2)13-19)22(27)17-11-12-24-21(14-17)25-15-18-8-4-5-10-20(18)23/h4-14H,3,15H2,1-2H3,(H,24,25). The molecule has 0 atom stereocenters. The maximum Gasteiger partial charge on any atom is 0.258 e. The number of halogens is 1. The van der Waals surface area contributed by atoms with Crippen molar-refractivity contribution >= 4 is 17.4 Å². The van der Waals surface area contributed by atoms with Gasteiger partial charge in [-0.15, -0.1) is 0 Å². The van der Waals surface area contributed by atoms with E-state index >= 15 is 0 Å². The first-order valence-corrected chi connectivity index (χ1v) is 8.90. The number of anilines is 2. The van der Waals surface area contributed by atoms with Gasteiger partial charge in [0.2, 0.25) is 0 Å². The van der Waals surface area contributed by atoms with Crippen LogP contribution in [0.2, 0.25) is 0 Å². The van der Waals surface area contributed by atoms with Crippen LogP contribution in [0.25, 0.3) is 0 Å². The molecule has 2 aromatic carbocycles. The van der Waals surface area contributed by atoms with Crippen LogP contribution in [-0.4, -0.2) is 17.4 Å². The predicted molar refractivity (Wildman–Crippen MR) is 106 cm³/mol. The Balaban J connectivity index is 1.77. The van der Waals surface area contributed by atoms with Crippen molar-refractivity contribution in [3.8, 4) is 0 Å². The summed E-state index contributed by atoms with van der Waals surface area (Å²) >= 11 is 0. The van der Waals surface area contributed by atoms with E-state index in [-0.39, 0.29) is 11.7 Å². The molecule has 0 aliphatic rings. The smallest absolute Gasteiger partial charge is 0.258 e. The molecule has 0 bridgehead atoms. The van der Waals surface area contributed by atoms with Crippen LogP contribution in [0, 0.1) is 12.7 Å². The van der Waals surface area contributed by atoms with Crippen molar-refractivity contribution in [1.82, 2.24) is 4.98 Å². The number of rotatable bonds is 6. The average molecular weight is 363 g/mol. The minimum atomic E-state index is -0.270. The van der Waals surface area contributed by atoms with Gasteiger partial charge in [0, 0.05) is 36.1 Å². The lowest BCUT2D eigenvalue weighted by Gasteiger charge is -2.21. The van der Waals surface area contributed by atoms with Crippen LogP contribution in [0.15, 0.2) is 66.9 Å². The Morgan fingerprint density at radius 2 is 1.93 bits per heavy atom. The highest BCUT2D eigenvalue weighted by atomic mass is 19.1. The first-order chi connectivity index (χ1) is 13.1. The molecule has 0 fully saturated rings. The Morgan fingerprint density at radius 1 is 1.11 bits per heavy atom. The molecule has 1 aromatic heterocycles. The van der Waals surface area contributed by atoms with E-state index in [1.807, 2.05) is 38.1 Å². The Labute approximate surface area is 158 Å². The van der Waals surface area contributed by atoms with Crippen LogP contribution in [0.3, 0.4) is 0 Å². The van der Waals surface area contributed by atoms with Crippen LogP contribution in [-0.2, 0) is 6.54 Å². The number of pyridine rings is 1. The molecule has 3 aromatic rings. The lowest BCUT2D eigenvalue weighted by Crippen LogP contribution is -2.30. The van der Waals surface area contributed by atoms with E-state index in [9.17, 15) is 9.18 Å². The van der Waals surface area contributed by atoms with E-state index in [0.717, 1.165) is 11.3 Å². The fourth-order valence-corrected chi connectivity index (χ4v) is 2.88. The molecule has 1 amide bonds. The van der Waals surface area contributed by atoms with Crippen molar-refractivity contribution < 1.29 is 9.18 Å². The van der Waals surface area contributed by atoms with Gasteiger partial charge in [-0.25, -0.2) is 9.37 Å². The van der Waals surface area contributed by atoms with E-state index in [4.69, 9.17) is 0 Å². The topological polar surface area (TPSA) is 45.2 Å². The number of benzene rings is 2. The molecule has 0 aliphatic carbocycles. The van der Waals surface area contributed by atoms with E-state index in [1.165, 1.54) is 6.07 Å². The maximum atomic E-state index is 13.8. The van der Waals surface area contributed by atoms with Crippen molar-refractivity contribution in [3.63, 3.8) is 0 Å². The third kappa shape index (κ3) is 4.50. The largest absolute Gasteiger partial charge is 0.366 e. The number of hydrogen-bond acceptors (Lipinski definition) is 3. The number of aromatic nitrogens is 1. The van der Waals surface area contributed by atoms with Gasteiger partial charge in [0.15, 0.2) is 0 Å². The van der Waals surface area contributed by atoms with Crippen molar-refractivity contribution in [2.75, 3.05) is 16.8 Å². The van der Waals surface area contributed by atoms with E-state index < -0.39 is 0 Å². The second-order valence-corrected chi connectivity index (χ2v) is 6.26. The SMILES string of the molecule is CCN(C(=O)c1ccnc(NCc2ccccc2F)c1)c1cccc(C)c1. The van der Waals surface area contributed by atoms with Crippen LogP contribution in [0.5, 0.6) is 0 Å². The summed E-state index contributed by atoms with van der Waals surface area (Å²) in [4.78, 5) is 18.9. The zero-order valence-electron chi connectivity index (χ0n) is 15.4. The lowest BCUT2D eigenvalue weighted by molar-refractivity contribution is 0.0988. The second kappa shape index (κ2) is 8.45. The molecule has 5 heteroatoms. The van der Waals surface area contributed by atoms with E-state index in [2.05, 4.69) is 10.3 Å². The molecule has 0 aliphatic heterocycles. The summed E-state index contributed by atoms with van der Waals surface area (Å²) in [6, 6.07) is 17.8. The molecule has 0 radical (unpaired) electrons. The normalized spacial score (nSPS) is 10.5. The zero-order valence-corrected chi connectivity index (χ0v) is 15.4. The fourth-order valence-electron chi connectivity index (χ4n) is 2.88. The van der Waals surface area contributed by atoms with E-state index in [1.54, 1.807) is 41.4 Å². The molecule has 3 rings (SSSR count). The maximum absolute atomic E-state index is 13.8. The summed E-state index contributed by atoms with van der Waals surface area (Å²) in [6.07, 6.45) is 1.58. The number of carbonyl (C=O) groups excluding carboxylic acids is 1. The Bertz CT molecular complexity index is 942. The summed E-state index contributed by atoms with van der Waals surface area (Å²) in [7, 11) is 0. The minimum absolute atomic E-state index is 0.0977. The van der Waals surface area contributed by atoms with Gasteiger partial charge in [-0.2, -0.15) is 0 Å². The van der Waals surface area contributed by atoms with Crippen molar-refractivity contribution in [2.45, 2.75) is 20.4 Å². The van der Waals surface area contributed by atoms with Gasteiger partial charge < -0.3 is 10.2 Å². The molecule has 0 saturated carbocycles. The van der Waals surface area contributed by atoms with Gasteiger partial charge in [-0.3, -0.25) is 4.79 Å². The predicted octanol–water partition coefficient (Wildman–Crippen LogP) is 4.81. The van der Waals surface area contributed by atoms with Gasteiger partial charge in [-0.1, -0.05) is 30.3 Å². The van der Waals surface area contributed by atoms with Crippen LogP contribution >= 0.6 is 0 Å². The number of hydrogen-bond donors (Lipinski definition) is 1. The average Bonchev–Trinajstić information content (AvgIpc) is 2.68. The number of aryl methyl sites for hydroxylation is 1. The highest BCUT2D eigenvalue weighted by molar-refractivity contribution is 6.06. The molecule has 138 valence electrons. The number of nitrogens with one attached hydrogen (secondary N) is 1. The Hall–Kier alpha value is -3.21. The third-order valence-electron chi connectivity index (χ3n) is 4.30. The van der Waals surface area contributed by atoms with Crippen LogP contribution in [0.1, 0.15) is 28.4 Å². The highest BCUT2D eigenvalue weighted by Crippen LogP contribution is 2.20. The third-order valence-corrected chi connectivity index (χ3v) is 4.30. The van der Waals surface area contributed by atoms with Crippen LogP contribution < -0.4 is 10.2 Å². The summed E-state index contributed by atoms with van der Waals surface area (Å²) < 4.78 is 13.8. The number of carbonyl (C=O) groups is 1. The van der Waals surface area contributed by atoms with Gasteiger partial charge in [-0.05, 0) is 49.7 Å². The minimum Gasteiger partial charge on any atom is -0.366 e. The lowest BCUT2D eigenvalue weighted by atomic mass is 10.1. The molecular formula is C22H22FN3O. The number of nitrogens with zero attached hydrogens (tertiary/aromatic N) is 2. The summed E-state index contributed by atoms with van der Waals surface area (Å²) in [5.41, 5.74) is 3.04. The molecule has 1 N–H and O–H groups in total. The fraction of sp³-hybridized carbons (Fsp3) is 0.182. The van der Waals surface area contributed by atoms with Gasteiger partial charge in [0.1, 0.15) is 11.6 Å². The second-order valence-electron chi connectivity index (χ2n) is 6.26. The zero-order chi connectivity index (χ0) is 19.2. The Kier molecular flexibility index (Phi) is 5.81. The molecular weight excluding hydrogens is 341 g/mol. The van der Waals surface area contributed by atoms with Gasteiger partial charge in [0.25, 0.3) is 5.91 Å². The molecule has 0 saturated heterocycles. The number of amides is 1. The van der Waals surface area contributed by atoms with Crippen molar-refractivity contribution in [3.05, 3.63) is 89.4 Å². The molecule has 4 nitrogen and oxygen atoms in total. The van der Waals surface area contributed by atoms with Crippen molar-refractivity contribution in [1.29, 1.82) is 0 Å². The van der Waals surface area contributed by atoms with Crippen molar-refractivity contribution in [2.24, 2.45) is 0 Å². The first kappa shape index (κ1) is 18.6. The first-order valence-electron chi connectivity index (χ1n) is 8.90. The van der Waals surface area contributed by atoms with Gasteiger partial charge >= 0.3 is 0 Å². The Morgan fingerprint density at radius 3 is 2.67 bits per heavy atom.